The van der Waals surface area contributed by atoms with Gasteiger partial charge in [0.1, 0.15) is 5.15 Å². The molecule has 4 aromatic rings. The van der Waals surface area contributed by atoms with Crippen LogP contribution < -0.4 is 11.2 Å². The van der Waals surface area contributed by atoms with E-state index in [1.165, 1.54) is 6.21 Å². The number of carbonyl (C=O) groups is 1. The van der Waals surface area contributed by atoms with Gasteiger partial charge in [-0.3, -0.25) is 4.79 Å². The summed E-state index contributed by atoms with van der Waals surface area (Å²) >= 11 is 6.24. The Morgan fingerprint density at radius 3 is 3.00 bits per heavy atom. The van der Waals surface area contributed by atoms with Crippen LogP contribution >= 0.6 is 11.6 Å². The molecular weight excluding hydrogens is 386 g/mol. The highest BCUT2D eigenvalue weighted by Gasteiger charge is 2.15. The fourth-order valence-electron chi connectivity index (χ4n) is 3.24. The third-order valence-corrected chi connectivity index (χ3v) is 5.09. The van der Waals surface area contributed by atoms with Gasteiger partial charge in [-0.2, -0.15) is 5.10 Å². The number of halogens is 1. The van der Waals surface area contributed by atoms with Gasteiger partial charge in [0.05, 0.1) is 17.8 Å². The second kappa shape index (κ2) is 8.03. The van der Waals surface area contributed by atoms with Crippen molar-refractivity contribution in [3.63, 3.8) is 0 Å². The second-order valence-electron chi connectivity index (χ2n) is 6.97. The molecule has 0 fully saturated rings. The number of para-hydroxylation sites is 1. The minimum absolute atomic E-state index is 0.323. The van der Waals surface area contributed by atoms with E-state index >= 15 is 0 Å². The highest BCUT2D eigenvalue weighted by molar-refractivity contribution is 6.32. The molecule has 0 aliphatic carbocycles. The Kier molecular flexibility index (Phi) is 5.29. The number of aromatic amines is 1. The summed E-state index contributed by atoms with van der Waals surface area (Å²) in [5, 5.41) is 6.33. The number of pyridine rings is 1. The minimum atomic E-state index is -0.723. The van der Waals surface area contributed by atoms with E-state index in [1.54, 1.807) is 0 Å². The predicted octanol–water partition coefficient (Wildman–Crippen LogP) is 3.70. The normalized spacial score (nSPS) is 12.7. The zero-order chi connectivity index (χ0) is 20.4. The fourth-order valence-corrected chi connectivity index (χ4v) is 3.43. The number of nitrogens with zero attached hydrogens (tertiary/aromatic N) is 2. The van der Waals surface area contributed by atoms with Gasteiger partial charge in [0, 0.05) is 28.0 Å². The van der Waals surface area contributed by atoms with Crippen LogP contribution in [0, 0.1) is 6.92 Å². The van der Waals surface area contributed by atoms with Crippen LogP contribution in [0.3, 0.4) is 0 Å². The lowest BCUT2D eigenvalue weighted by molar-refractivity contribution is -0.122. The summed E-state index contributed by atoms with van der Waals surface area (Å²) in [6.45, 7) is 2.00. The molecule has 0 spiro atoms. The molecule has 146 valence electrons. The van der Waals surface area contributed by atoms with E-state index in [9.17, 15) is 4.79 Å². The largest absolute Gasteiger partial charge is 0.361 e. The third kappa shape index (κ3) is 4.13. The van der Waals surface area contributed by atoms with Gasteiger partial charge in [-0.15, -0.1) is 0 Å². The van der Waals surface area contributed by atoms with Crippen LogP contribution in [0.5, 0.6) is 0 Å². The van der Waals surface area contributed by atoms with Crippen molar-refractivity contribution in [2.24, 2.45) is 10.8 Å². The van der Waals surface area contributed by atoms with Crippen molar-refractivity contribution in [1.29, 1.82) is 0 Å². The number of aromatic nitrogens is 2. The number of carbonyl (C=O) groups excluding carboxylic acids is 1. The number of fused-ring (bicyclic) bond motifs is 2. The molecule has 0 saturated heterocycles. The zero-order valence-electron chi connectivity index (χ0n) is 15.8. The molecule has 2 aromatic carbocycles. The molecule has 7 heteroatoms. The highest BCUT2D eigenvalue weighted by atomic mass is 35.5. The Morgan fingerprint density at radius 1 is 1.31 bits per heavy atom. The van der Waals surface area contributed by atoms with Crippen molar-refractivity contribution in [2.45, 2.75) is 19.4 Å². The summed E-state index contributed by atoms with van der Waals surface area (Å²) in [5.41, 5.74) is 13.1. The standard InChI is InChI=1S/C22H20ClN5O/c1-13-6-7-14-9-16(21(23)27-20(14)8-13)12-26-28-22(29)18(24)10-15-11-25-19-5-3-2-4-17(15)19/h2-9,11-12,18,25H,10,24H2,1H3,(H,28,29)/b26-12-/t18-/m0/s1. The first-order valence-corrected chi connectivity index (χ1v) is 9.59. The number of benzene rings is 2. The maximum Gasteiger partial charge on any atom is 0.257 e. The summed E-state index contributed by atoms with van der Waals surface area (Å²) in [6, 6.07) is 15.0. The first-order valence-electron chi connectivity index (χ1n) is 9.21. The molecule has 0 bridgehead atoms. The van der Waals surface area contributed by atoms with Crippen LogP contribution in [-0.4, -0.2) is 28.1 Å². The number of nitrogens with one attached hydrogen (secondary N) is 2. The van der Waals surface area contributed by atoms with Gasteiger partial charge < -0.3 is 10.7 Å². The third-order valence-electron chi connectivity index (χ3n) is 4.78. The Morgan fingerprint density at radius 2 is 2.14 bits per heavy atom. The van der Waals surface area contributed by atoms with E-state index in [4.69, 9.17) is 17.3 Å². The quantitative estimate of drug-likeness (QED) is 0.268. The van der Waals surface area contributed by atoms with Gasteiger partial charge in [-0.1, -0.05) is 41.9 Å². The lowest BCUT2D eigenvalue weighted by atomic mass is 10.1. The number of nitrogens with two attached hydrogens (primary N) is 1. The van der Waals surface area contributed by atoms with Crippen molar-refractivity contribution in [1.82, 2.24) is 15.4 Å². The number of hydrogen-bond acceptors (Lipinski definition) is 4. The number of aryl methyl sites for hydroxylation is 1. The highest BCUT2D eigenvalue weighted by Crippen LogP contribution is 2.21. The minimum Gasteiger partial charge on any atom is -0.361 e. The molecule has 1 atom stereocenters. The van der Waals surface area contributed by atoms with Gasteiger partial charge >= 0.3 is 0 Å². The van der Waals surface area contributed by atoms with Gasteiger partial charge in [0.2, 0.25) is 0 Å². The van der Waals surface area contributed by atoms with Gasteiger partial charge in [-0.05, 0) is 42.7 Å². The van der Waals surface area contributed by atoms with Crippen LogP contribution in [0.1, 0.15) is 16.7 Å². The summed E-state index contributed by atoms with van der Waals surface area (Å²) in [6.07, 6.45) is 3.76. The van der Waals surface area contributed by atoms with Crippen LogP contribution in [0.15, 0.2) is 59.8 Å². The van der Waals surface area contributed by atoms with Crippen LogP contribution in [0.2, 0.25) is 5.15 Å². The SMILES string of the molecule is Cc1ccc2cc(/C=N\NC(=O)[C@@H](N)Cc3c[nH]c4ccccc34)c(Cl)nc2c1. The smallest absolute Gasteiger partial charge is 0.257 e. The second-order valence-corrected chi connectivity index (χ2v) is 7.33. The molecule has 6 nitrogen and oxygen atoms in total. The lowest BCUT2D eigenvalue weighted by Crippen LogP contribution is -2.39. The number of amides is 1. The van der Waals surface area contributed by atoms with Crippen molar-refractivity contribution in [2.75, 3.05) is 0 Å². The summed E-state index contributed by atoms with van der Waals surface area (Å²) in [4.78, 5) is 19.9. The average Bonchev–Trinajstić information content (AvgIpc) is 3.11. The molecule has 0 aliphatic heterocycles. The van der Waals surface area contributed by atoms with E-state index in [-0.39, 0.29) is 5.91 Å². The Hall–Kier alpha value is -3.22. The van der Waals surface area contributed by atoms with Gasteiger partial charge in [-0.25, -0.2) is 10.4 Å². The monoisotopic (exact) mass is 405 g/mol. The van der Waals surface area contributed by atoms with E-state index in [0.29, 0.717) is 17.1 Å². The molecule has 0 saturated carbocycles. The predicted molar refractivity (Wildman–Crippen MR) is 117 cm³/mol. The number of rotatable bonds is 5. The molecule has 4 N–H and O–H groups in total. The molecule has 4 rings (SSSR count). The van der Waals surface area contributed by atoms with E-state index in [2.05, 4.69) is 20.5 Å². The maximum atomic E-state index is 12.3. The summed E-state index contributed by atoms with van der Waals surface area (Å²) in [5.74, 6) is -0.368. The topological polar surface area (TPSA) is 96.2 Å². The van der Waals surface area contributed by atoms with E-state index in [0.717, 1.165) is 32.9 Å². The Bertz CT molecular complexity index is 1230. The van der Waals surface area contributed by atoms with Crippen molar-refractivity contribution in [3.8, 4) is 0 Å². The first kappa shape index (κ1) is 19.1. The number of H-pyrrole nitrogens is 1. The van der Waals surface area contributed by atoms with E-state index < -0.39 is 6.04 Å². The van der Waals surface area contributed by atoms with E-state index in [1.807, 2.05) is 61.7 Å². The molecule has 29 heavy (non-hydrogen) atoms. The molecule has 0 aliphatic rings. The fraction of sp³-hybridized carbons (Fsp3) is 0.136. The molecule has 2 heterocycles. The van der Waals surface area contributed by atoms with Crippen LogP contribution in [-0.2, 0) is 11.2 Å². The zero-order valence-corrected chi connectivity index (χ0v) is 16.6. The number of hydrogen-bond donors (Lipinski definition) is 3. The Labute approximate surface area is 172 Å². The van der Waals surface area contributed by atoms with Gasteiger partial charge in [0.25, 0.3) is 5.91 Å². The van der Waals surface area contributed by atoms with Gasteiger partial charge in [0.15, 0.2) is 0 Å². The first-order chi connectivity index (χ1) is 14.0. The number of hydrazone groups is 1. The van der Waals surface area contributed by atoms with Crippen molar-refractivity contribution in [3.05, 3.63) is 76.6 Å². The molecule has 2 aromatic heterocycles. The Balaban J connectivity index is 1.43. The molecule has 0 radical (unpaired) electrons. The molecular formula is C22H20ClN5O. The maximum absolute atomic E-state index is 12.3. The average molecular weight is 406 g/mol. The lowest BCUT2D eigenvalue weighted by Gasteiger charge is -2.09. The molecule has 1 amide bonds. The van der Waals surface area contributed by atoms with Crippen LogP contribution in [0.4, 0.5) is 0 Å². The summed E-state index contributed by atoms with van der Waals surface area (Å²) in [7, 11) is 0. The van der Waals surface area contributed by atoms with Crippen LogP contribution in [0.25, 0.3) is 21.8 Å². The van der Waals surface area contributed by atoms with Crippen molar-refractivity contribution >= 4 is 45.5 Å². The van der Waals surface area contributed by atoms with Crippen molar-refractivity contribution < 1.29 is 4.79 Å². The molecule has 0 unspecified atom stereocenters. The summed E-state index contributed by atoms with van der Waals surface area (Å²) < 4.78 is 0.